The largest absolute Gasteiger partial charge is 1.00 e. The van der Waals surface area contributed by atoms with Crippen LogP contribution in [0.5, 0.6) is 0 Å². The average molecular weight is 174 g/mol. The van der Waals surface area contributed by atoms with Crippen molar-refractivity contribution in [3.8, 4) is 0 Å². The Hall–Kier alpha value is 0.126. The summed E-state index contributed by atoms with van der Waals surface area (Å²) in [5.41, 5.74) is 12.8. The third-order valence-electron chi connectivity index (χ3n) is 1.15. The maximum Gasteiger partial charge on any atom is 1.00 e. The molecule has 0 saturated carbocycles. The smallest absolute Gasteiger partial charge is 0.699 e. The molecule has 1 rings (SSSR count). The van der Waals surface area contributed by atoms with E-state index in [-0.39, 0.29) is 51.4 Å². The fraction of sp³-hybridized carbons (Fsp3) is 0. The van der Waals surface area contributed by atoms with Crippen molar-refractivity contribution in [1.82, 2.24) is 0 Å². The number of nitrogens with one attached hydrogen (secondary N) is 1. The normalized spacial score (nSPS) is 8.36. The van der Waals surface area contributed by atoms with Gasteiger partial charge >= 0.3 is 51.4 Å². The van der Waals surface area contributed by atoms with Crippen molar-refractivity contribution < 1.29 is 56.2 Å². The quantitative estimate of drug-likeness (QED) is 0.516. The molecule has 1 amide bonds. The van der Waals surface area contributed by atoms with Gasteiger partial charge in [0.1, 0.15) is 0 Å². The second kappa shape index (κ2) is 4.90. The van der Waals surface area contributed by atoms with Crippen molar-refractivity contribution in [2.24, 2.45) is 5.73 Å². The molecule has 0 bridgehead atoms. The van der Waals surface area contributed by atoms with E-state index in [9.17, 15) is 4.79 Å². The van der Waals surface area contributed by atoms with Crippen LogP contribution in [0, 0.1) is 0 Å². The fourth-order valence-corrected chi connectivity index (χ4v) is 0.672. The number of amides is 1. The fourth-order valence-electron chi connectivity index (χ4n) is 0.672. The van der Waals surface area contributed by atoms with Gasteiger partial charge in [0.2, 0.25) is 5.91 Å². The summed E-state index contributed by atoms with van der Waals surface area (Å²) in [6, 6.07) is 6.23. The minimum atomic E-state index is -0.492. The number of hydrogen-bond donors (Lipinski definition) is 1. The Labute approximate surface area is 108 Å². The molecule has 4 heteroatoms. The molecule has 0 heterocycles. The van der Waals surface area contributed by atoms with Crippen LogP contribution in [0.4, 0.5) is 5.69 Å². The Morgan fingerprint density at radius 1 is 1.45 bits per heavy atom. The van der Waals surface area contributed by atoms with E-state index in [1.54, 1.807) is 18.2 Å². The van der Waals surface area contributed by atoms with Crippen molar-refractivity contribution in [3.63, 3.8) is 0 Å². The van der Waals surface area contributed by atoms with Gasteiger partial charge in [-0.05, 0) is 6.07 Å². The maximum absolute atomic E-state index is 10.5. The first-order valence-electron chi connectivity index (χ1n) is 2.81. The molecular formula is C7H7KN2O. The third kappa shape index (κ3) is 3.35. The van der Waals surface area contributed by atoms with E-state index >= 15 is 0 Å². The molecule has 0 saturated heterocycles. The van der Waals surface area contributed by atoms with Crippen LogP contribution in [0.15, 0.2) is 24.3 Å². The van der Waals surface area contributed by atoms with Crippen LogP contribution in [0.25, 0.3) is 5.73 Å². The van der Waals surface area contributed by atoms with Gasteiger partial charge in [0.05, 0.1) is 0 Å². The summed E-state index contributed by atoms with van der Waals surface area (Å²) in [6.07, 6.45) is 0. The van der Waals surface area contributed by atoms with E-state index in [4.69, 9.17) is 11.5 Å². The SMILES string of the molecule is [K+].[NH-]c1cccc(C(N)=O)c1. The van der Waals surface area contributed by atoms with Crippen LogP contribution < -0.4 is 57.1 Å². The standard InChI is InChI=1S/C7H7N2O.K/c8-6-3-1-2-5(4-6)7(9)10;/h1-4,8H,(H2,9,10);/q-1;+1. The van der Waals surface area contributed by atoms with Crippen molar-refractivity contribution in [1.29, 1.82) is 0 Å². The number of hydrogen-bond acceptors (Lipinski definition) is 1. The first kappa shape index (κ1) is 11.1. The molecule has 1 aromatic carbocycles. The Morgan fingerprint density at radius 2 is 2.09 bits per heavy atom. The number of benzene rings is 1. The third-order valence-corrected chi connectivity index (χ3v) is 1.15. The zero-order valence-corrected chi connectivity index (χ0v) is 9.42. The molecule has 0 spiro atoms. The molecule has 0 aliphatic rings. The molecule has 3 N–H and O–H groups in total. The second-order valence-corrected chi connectivity index (χ2v) is 1.95. The molecule has 0 aromatic heterocycles. The van der Waals surface area contributed by atoms with E-state index in [0.29, 0.717) is 11.3 Å². The Kier molecular flexibility index (Phi) is 4.95. The van der Waals surface area contributed by atoms with Crippen molar-refractivity contribution in [2.75, 3.05) is 0 Å². The Morgan fingerprint density at radius 3 is 2.45 bits per heavy atom. The van der Waals surface area contributed by atoms with Crippen LogP contribution in [0.3, 0.4) is 0 Å². The van der Waals surface area contributed by atoms with Crippen molar-refractivity contribution >= 4 is 11.6 Å². The van der Waals surface area contributed by atoms with Gasteiger partial charge in [-0.3, -0.25) is 4.79 Å². The van der Waals surface area contributed by atoms with Crippen LogP contribution in [0.1, 0.15) is 10.4 Å². The van der Waals surface area contributed by atoms with E-state index in [2.05, 4.69) is 0 Å². The zero-order chi connectivity index (χ0) is 7.56. The summed E-state index contributed by atoms with van der Waals surface area (Å²) in [7, 11) is 0. The monoisotopic (exact) mass is 174 g/mol. The van der Waals surface area contributed by atoms with Crippen molar-refractivity contribution in [3.05, 3.63) is 35.6 Å². The van der Waals surface area contributed by atoms with E-state index in [0.717, 1.165) is 0 Å². The number of rotatable bonds is 1. The van der Waals surface area contributed by atoms with E-state index in [1.807, 2.05) is 0 Å². The molecule has 0 aliphatic carbocycles. The number of primary amides is 1. The summed E-state index contributed by atoms with van der Waals surface area (Å²) < 4.78 is 0. The minimum Gasteiger partial charge on any atom is -0.699 e. The van der Waals surface area contributed by atoms with Crippen LogP contribution in [-0.2, 0) is 0 Å². The van der Waals surface area contributed by atoms with Crippen LogP contribution >= 0.6 is 0 Å². The Bertz CT molecular complexity index is 262. The predicted molar refractivity (Wildman–Crippen MR) is 38.9 cm³/mol. The van der Waals surface area contributed by atoms with Gasteiger partial charge in [0, 0.05) is 5.56 Å². The van der Waals surface area contributed by atoms with Gasteiger partial charge in [-0.15, -0.1) is 5.69 Å². The summed E-state index contributed by atoms with van der Waals surface area (Å²) in [4.78, 5) is 10.5. The molecular weight excluding hydrogens is 167 g/mol. The summed E-state index contributed by atoms with van der Waals surface area (Å²) >= 11 is 0. The first-order valence-corrected chi connectivity index (χ1v) is 2.81. The molecule has 0 aliphatic heterocycles. The maximum atomic E-state index is 10.5. The zero-order valence-electron chi connectivity index (χ0n) is 6.29. The molecule has 0 radical (unpaired) electrons. The van der Waals surface area contributed by atoms with Crippen LogP contribution in [0.2, 0.25) is 0 Å². The Balaban J connectivity index is 0.000001000. The summed E-state index contributed by atoms with van der Waals surface area (Å²) in [5.74, 6) is -0.492. The minimum absolute atomic E-state index is 0. The molecule has 0 unspecified atom stereocenters. The molecule has 0 fully saturated rings. The molecule has 52 valence electrons. The van der Waals surface area contributed by atoms with E-state index in [1.165, 1.54) is 6.07 Å². The van der Waals surface area contributed by atoms with Gasteiger partial charge in [-0.1, -0.05) is 18.2 Å². The van der Waals surface area contributed by atoms with Crippen LogP contribution in [-0.4, -0.2) is 5.91 Å². The van der Waals surface area contributed by atoms with Gasteiger partial charge in [-0.2, -0.15) is 0 Å². The molecule has 11 heavy (non-hydrogen) atoms. The van der Waals surface area contributed by atoms with Gasteiger partial charge in [0.15, 0.2) is 0 Å². The second-order valence-electron chi connectivity index (χ2n) is 1.95. The first-order chi connectivity index (χ1) is 4.70. The van der Waals surface area contributed by atoms with E-state index < -0.39 is 5.91 Å². The number of carbonyl (C=O) groups is 1. The topological polar surface area (TPSA) is 66.9 Å². The van der Waals surface area contributed by atoms with Crippen molar-refractivity contribution in [2.45, 2.75) is 0 Å². The molecule has 0 atom stereocenters. The predicted octanol–water partition coefficient (Wildman–Crippen LogP) is -1.53. The summed E-state index contributed by atoms with van der Waals surface area (Å²) in [5, 5.41) is 0. The number of nitrogens with two attached hydrogens (primary N) is 1. The molecule has 1 aromatic rings. The van der Waals surface area contributed by atoms with Gasteiger partial charge in [0.25, 0.3) is 0 Å². The summed E-state index contributed by atoms with van der Waals surface area (Å²) in [6.45, 7) is 0. The number of carbonyl (C=O) groups excluding carboxylic acids is 1. The average Bonchev–Trinajstić information content (AvgIpc) is 1.88. The van der Waals surface area contributed by atoms with Gasteiger partial charge in [-0.25, -0.2) is 0 Å². The van der Waals surface area contributed by atoms with Gasteiger partial charge < -0.3 is 11.5 Å². The molecule has 3 nitrogen and oxygen atoms in total.